The lowest BCUT2D eigenvalue weighted by Gasteiger charge is -2.26. The van der Waals surface area contributed by atoms with Crippen molar-refractivity contribution in [2.45, 2.75) is 6.04 Å². The van der Waals surface area contributed by atoms with Gasteiger partial charge in [0.15, 0.2) is 0 Å². The summed E-state index contributed by atoms with van der Waals surface area (Å²) in [5.74, 6) is 0.795. The number of aliphatic imine (C=N–C) groups is 1. The molecule has 0 amide bonds. The number of benzene rings is 7. The average Bonchev–Trinajstić information content (AvgIpc) is 3.71. The topological polar surface area (TPSA) is 58.0 Å². The number of anilines is 1. The maximum atomic E-state index is 9.63. The molecule has 0 radical (unpaired) electrons. The molecule has 5 heteroatoms. The number of para-hydroxylation sites is 3. The highest BCUT2D eigenvalue weighted by atomic mass is 15.1. The summed E-state index contributed by atoms with van der Waals surface area (Å²) in [6.07, 6.45) is 0. The van der Waals surface area contributed by atoms with E-state index in [1.54, 1.807) is 0 Å². The average molecular weight is 640 g/mol. The van der Waals surface area contributed by atoms with Gasteiger partial charge in [-0.2, -0.15) is 5.26 Å². The maximum absolute atomic E-state index is 9.63. The van der Waals surface area contributed by atoms with Crippen LogP contribution < -0.4 is 5.32 Å². The quantitative estimate of drug-likeness (QED) is 0.208. The molecule has 1 N–H and O–H groups in total. The number of aromatic nitrogens is 2. The summed E-state index contributed by atoms with van der Waals surface area (Å²) in [5.41, 5.74) is 11.6. The number of rotatable bonds is 4. The molecular weight excluding hydrogens is 611 g/mol. The van der Waals surface area contributed by atoms with Crippen molar-refractivity contribution >= 4 is 55.1 Å². The molecule has 0 spiro atoms. The van der Waals surface area contributed by atoms with E-state index in [4.69, 9.17) is 4.99 Å². The highest BCUT2D eigenvalue weighted by Gasteiger charge is 2.25. The molecule has 1 atom stereocenters. The molecule has 2 aromatic heterocycles. The van der Waals surface area contributed by atoms with Gasteiger partial charge in [0.2, 0.25) is 0 Å². The van der Waals surface area contributed by atoms with Crippen molar-refractivity contribution < 1.29 is 0 Å². The van der Waals surface area contributed by atoms with Gasteiger partial charge in [-0.05, 0) is 66.2 Å². The minimum atomic E-state index is -0.217. The predicted molar refractivity (Wildman–Crippen MR) is 205 cm³/mol. The molecule has 50 heavy (non-hydrogen) atoms. The van der Waals surface area contributed by atoms with Crippen LogP contribution in [0, 0.1) is 11.3 Å². The van der Waals surface area contributed by atoms with E-state index < -0.39 is 0 Å². The second kappa shape index (κ2) is 11.1. The Bertz CT molecular complexity index is 2840. The molecule has 1 aliphatic heterocycles. The Balaban J connectivity index is 1.16. The second-order valence-electron chi connectivity index (χ2n) is 12.8. The van der Waals surface area contributed by atoms with Crippen LogP contribution in [0.3, 0.4) is 0 Å². The van der Waals surface area contributed by atoms with Gasteiger partial charge in [-0.1, -0.05) is 103 Å². The molecule has 0 aliphatic carbocycles. The smallest absolute Gasteiger partial charge is 0.133 e. The first kappa shape index (κ1) is 28.1. The Hall–Kier alpha value is -6.90. The predicted octanol–water partition coefficient (Wildman–Crippen LogP) is 10.7. The summed E-state index contributed by atoms with van der Waals surface area (Å²) in [6, 6.07) is 59.5. The van der Waals surface area contributed by atoms with Crippen molar-refractivity contribution in [3.63, 3.8) is 0 Å². The van der Waals surface area contributed by atoms with Gasteiger partial charge >= 0.3 is 0 Å². The van der Waals surface area contributed by atoms with Gasteiger partial charge in [-0.25, -0.2) is 0 Å². The van der Waals surface area contributed by atoms with Gasteiger partial charge in [0.05, 0.1) is 33.7 Å². The summed E-state index contributed by atoms with van der Waals surface area (Å²) in [5, 5.41) is 18.1. The van der Waals surface area contributed by atoms with Crippen molar-refractivity contribution in [1.29, 1.82) is 5.26 Å². The Labute approximate surface area is 288 Å². The Morgan fingerprint density at radius 1 is 0.540 bits per heavy atom. The lowest BCUT2D eigenvalue weighted by atomic mass is 9.94. The molecule has 0 bridgehead atoms. The minimum absolute atomic E-state index is 0.217. The molecule has 7 aromatic carbocycles. The molecule has 234 valence electrons. The zero-order valence-electron chi connectivity index (χ0n) is 27.0. The molecule has 10 rings (SSSR count). The SMILES string of the molecule is N#Cc1ccc2c(c1)NC(c1ccccc1)=NC2c1ccc(-n2c3ccccc3c3c4c5ccccc5n(-c5ccccc5)c4ccc32)cc1. The van der Waals surface area contributed by atoms with Crippen molar-refractivity contribution in [1.82, 2.24) is 9.13 Å². The number of nitrogens with zero attached hydrogens (tertiary/aromatic N) is 4. The molecule has 3 heterocycles. The first-order valence-electron chi connectivity index (χ1n) is 16.8. The van der Waals surface area contributed by atoms with Crippen LogP contribution in [0.2, 0.25) is 0 Å². The summed E-state index contributed by atoms with van der Waals surface area (Å²) < 4.78 is 4.77. The van der Waals surface area contributed by atoms with Crippen LogP contribution in [-0.4, -0.2) is 15.0 Å². The fourth-order valence-corrected chi connectivity index (χ4v) is 7.79. The van der Waals surface area contributed by atoms with Crippen LogP contribution >= 0.6 is 0 Å². The number of nitrogens with one attached hydrogen (secondary N) is 1. The van der Waals surface area contributed by atoms with E-state index in [9.17, 15) is 5.26 Å². The van der Waals surface area contributed by atoms with E-state index >= 15 is 0 Å². The van der Waals surface area contributed by atoms with E-state index in [-0.39, 0.29) is 6.04 Å². The third-order valence-electron chi connectivity index (χ3n) is 9.99. The third kappa shape index (κ3) is 4.22. The molecule has 9 aromatic rings. The van der Waals surface area contributed by atoms with Gasteiger partial charge in [0.25, 0.3) is 0 Å². The van der Waals surface area contributed by atoms with Crippen LogP contribution in [0.5, 0.6) is 0 Å². The van der Waals surface area contributed by atoms with Gasteiger partial charge < -0.3 is 14.5 Å². The Kier molecular flexibility index (Phi) is 6.24. The normalized spacial score (nSPS) is 14.1. The van der Waals surface area contributed by atoms with E-state index in [1.165, 1.54) is 43.6 Å². The first-order chi connectivity index (χ1) is 24.8. The number of amidine groups is 1. The molecular formula is C45H29N5. The lowest BCUT2D eigenvalue weighted by Crippen LogP contribution is -2.22. The highest BCUT2D eigenvalue weighted by molar-refractivity contribution is 6.28. The summed E-state index contributed by atoms with van der Waals surface area (Å²) >= 11 is 0. The van der Waals surface area contributed by atoms with E-state index in [0.717, 1.165) is 39.6 Å². The summed E-state index contributed by atoms with van der Waals surface area (Å²) in [7, 11) is 0. The monoisotopic (exact) mass is 639 g/mol. The van der Waals surface area contributed by atoms with Gasteiger partial charge in [-0.3, -0.25) is 4.99 Å². The zero-order valence-corrected chi connectivity index (χ0v) is 27.0. The van der Waals surface area contributed by atoms with Crippen LogP contribution in [0.25, 0.3) is 55.0 Å². The molecule has 0 saturated carbocycles. The number of hydrogen-bond donors (Lipinski definition) is 1. The molecule has 0 fully saturated rings. The Morgan fingerprint density at radius 3 is 1.72 bits per heavy atom. The number of hydrogen-bond acceptors (Lipinski definition) is 3. The van der Waals surface area contributed by atoms with Crippen LogP contribution in [0.4, 0.5) is 5.69 Å². The summed E-state index contributed by atoms with van der Waals surface area (Å²) in [6.45, 7) is 0. The third-order valence-corrected chi connectivity index (χ3v) is 9.99. The summed E-state index contributed by atoms with van der Waals surface area (Å²) in [4.78, 5) is 5.22. The van der Waals surface area contributed by atoms with Crippen molar-refractivity contribution in [3.05, 3.63) is 186 Å². The van der Waals surface area contributed by atoms with Gasteiger partial charge in [0.1, 0.15) is 11.9 Å². The molecule has 0 saturated heterocycles. The largest absolute Gasteiger partial charge is 0.340 e. The fraction of sp³-hybridized carbons (Fsp3) is 0.0222. The number of nitriles is 1. The zero-order chi connectivity index (χ0) is 33.2. The van der Waals surface area contributed by atoms with Crippen LogP contribution in [0.1, 0.15) is 28.3 Å². The van der Waals surface area contributed by atoms with E-state index in [0.29, 0.717) is 5.56 Å². The van der Waals surface area contributed by atoms with Crippen LogP contribution in [0.15, 0.2) is 169 Å². The van der Waals surface area contributed by atoms with Crippen molar-refractivity contribution in [2.24, 2.45) is 4.99 Å². The number of fused-ring (bicyclic) bond motifs is 8. The molecule has 5 nitrogen and oxygen atoms in total. The standard InChI is InChI=1S/C45H29N5/c46-28-29-19-24-34-37(27-29)47-45(31-11-3-1-4-12-31)48-44(34)30-20-22-33(23-21-30)50-39-18-10-8-16-36(39)43-41(50)26-25-40-42(43)35-15-7-9-17-38(35)49(40)32-13-5-2-6-14-32/h1-27,44H,(H,47,48). The fourth-order valence-electron chi connectivity index (χ4n) is 7.79. The first-order valence-corrected chi connectivity index (χ1v) is 16.8. The molecule has 1 aliphatic rings. The van der Waals surface area contributed by atoms with Crippen molar-refractivity contribution in [3.8, 4) is 17.4 Å². The maximum Gasteiger partial charge on any atom is 0.133 e. The van der Waals surface area contributed by atoms with Gasteiger partial charge in [0, 0.05) is 49.7 Å². The lowest BCUT2D eigenvalue weighted by molar-refractivity contribution is 0.862. The minimum Gasteiger partial charge on any atom is -0.340 e. The van der Waals surface area contributed by atoms with E-state index in [1.807, 2.05) is 36.4 Å². The van der Waals surface area contributed by atoms with E-state index in [2.05, 4.69) is 148 Å². The van der Waals surface area contributed by atoms with Gasteiger partial charge in [-0.15, -0.1) is 0 Å². The van der Waals surface area contributed by atoms with Crippen molar-refractivity contribution in [2.75, 3.05) is 5.32 Å². The Morgan fingerprint density at radius 2 is 1.10 bits per heavy atom. The van der Waals surface area contributed by atoms with Crippen LogP contribution in [-0.2, 0) is 0 Å². The second-order valence-corrected chi connectivity index (χ2v) is 12.8. The molecule has 1 unspecified atom stereocenters. The highest BCUT2D eigenvalue weighted by Crippen LogP contribution is 2.43.